The maximum atomic E-state index is 13.2. The molecule has 1 atom stereocenters. The Kier molecular flexibility index (Phi) is 6.14. The van der Waals surface area contributed by atoms with Crippen molar-refractivity contribution in [2.24, 2.45) is 0 Å². The molecule has 1 aliphatic rings. The summed E-state index contributed by atoms with van der Waals surface area (Å²) in [6, 6.07) is 11.8. The van der Waals surface area contributed by atoms with E-state index in [0.717, 1.165) is 23.7 Å². The molecule has 166 valence electrons. The van der Waals surface area contributed by atoms with Crippen molar-refractivity contribution in [1.82, 2.24) is 17.4 Å². The lowest BCUT2D eigenvalue weighted by Crippen LogP contribution is -2.50. The molecule has 4 rings (SSSR count). The van der Waals surface area contributed by atoms with E-state index in [-0.39, 0.29) is 36.0 Å². The predicted octanol–water partition coefficient (Wildman–Crippen LogP) is 2.90. The number of rotatable bonds is 6. The molecule has 1 aromatic heterocycles. The smallest absolute Gasteiger partial charge is 0.207 e. The zero-order valence-electron chi connectivity index (χ0n) is 17.3. The molecular formula is C20H24N4O4S3. The average Bonchev–Trinajstić information content (AvgIpc) is 3.27. The number of sulfonamides is 2. The molecule has 0 bridgehead atoms. The Balaban J connectivity index is 1.51. The topological polar surface area (TPSA) is 101 Å². The number of nitrogens with zero attached hydrogens (tertiary/aromatic N) is 4. The van der Waals surface area contributed by atoms with Crippen LogP contribution in [0.2, 0.25) is 0 Å². The van der Waals surface area contributed by atoms with Crippen molar-refractivity contribution in [3.05, 3.63) is 48.0 Å². The fraction of sp³-hybridized carbons (Fsp3) is 0.400. The average molecular weight is 481 g/mol. The van der Waals surface area contributed by atoms with Crippen LogP contribution < -0.4 is 0 Å². The van der Waals surface area contributed by atoms with E-state index in [0.29, 0.717) is 17.0 Å². The van der Waals surface area contributed by atoms with Crippen molar-refractivity contribution in [2.75, 3.05) is 26.2 Å². The fourth-order valence-electron chi connectivity index (χ4n) is 3.63. The second-order valence-corrected chi connectivity index (χ2v) is 11.9. The molecule has 2 aromatic carbocycles. The van der Waals surface area contributed by atoms with Gasteiger partial charge in [0.05, 0.1) is 16.6 Å². The molecule has 1 saturated heterocycles. The second kappa shape index (κ2) is 8.55. The zero-order chi connectivity index (χ0) is 22.2. The van der Waals surface area contributed by atoms with Gasteiger partial charge in [0.1, 0.15) is 15.9 Å². The Hall–Kier alpha value is -1.92. The summed E-state index contributed by atoms with van der Waals surface area (Å²) in [5, 5.41) is 0. The number of hydrogen-bond donors (Lipinski definition) is 0. The van der Waals surface area contributed by atoms with E-state index < -0.39 is 20.0 Å². The van der Waals surface area contributed by atoms with Crippen LogP contribution in [-0.2, 0) is 20.0 Å². The van der Waals surface area contributed by atoms with Crippen molar-refractivity contribution < 1.29 is 16.8 Å². The van der Waals surface area contributed by atoms with E-state index >= 15 is 0 Å². The van der Waals surface area contributed by atoms with Crippen LogP contribution in [0.3, 0.4) is 0 Å². The lowest BCUT2D eigenvalue weighted by Gasteiger charge is -2.33. The van der Waals surface area contributed by atoms with Gasteiger partial charge in [-0.15, -0.1) is 0 Å². The van der Waals surface area contributed by atoms with Crippen LogP contribution >= 0.6 is 11.7 Å². The van der Waals surface area contributed by atoms with Crippen molar-refractivity contribution in [1.29, 1.82) is 0 Å². The van der Waals surface area contributed by atoms with Crippen LogP contribution in [0.15, 0.2) is 52.3 Å². The normalized spacial score (nSPS) is 17.7. The first kappa shape index (κ1) is 22.3. The molecule has 0 radical (unpaired) electrons. The van der Waals surface area contributed by atoms with E-state index in [1.165, 1.54) is 14.7 Å². The Labute approximate surface area is 186 Å². The van der Waals surface area contributed by atoms with Gasteiger partial charge in [0.15, 0.2) is 0 Å². The molecule has 1 unspecified atom stereocenters. The standard InChI is InChI=1S/C20H24N4O4S3/c1-3-15(2)16-7-9-17(10-8-16)30(25,26)23-11-13-24(14-12-23)31(27,28)19-6-4-5-18-20(19)22-29-21-18/h4-10,15H,3,11-14H2,1-2H3. The van der Waals surface area contributed by atoms with E-state index in [1.54, 1.807) is 24.3 Å². The molecule has 2 heterocycles. The van der Waals surface area contributed by atoms with E-state index in [4.69, 9.17) is 0 Å². The lowest BCUT2D eigenvalue weighted by atomic mass is 9.99. The van der Waals surface area contributed by atoms with Gasteiger partial charge >= 0.3 is 0 Å². The highest BCUT2D eigenvalue weighted by Gasteiger charge is 2.34. The third-order valence-electron chi connectivity index (χ3n) is 5.76. The minimum Gasteiger partial charge on any atom is -0.207 e. The number of aromatic nitrogens is 2. The highest BCUT2D eigenvalue weighted by Crippen LogP contribution is 2.27. The summed E-state index contributed by atoms with van der Waals surface area (Å²) in [5.74, 6) is 0.364. The van der Waals surface area contributed by atoms with Crippen LogP contribution in [0.4, 0.5) is 0 Å². The highest BCUT2D eigenvalue weighted by molar-refractivity contribution is 7.89. The van der Waals surface area contributed by atoms with Gasteiger partial charge in [0.25, 0.3) is 0 Å². The third kappa shape index (κ3) is 4.12. The molecule has 0 amide bonds. The first-order chi connectivity index (χ1) is 14.7. The van der Waals surface area contributed by atoms with Crippen molar-refractivity contribution in [3.8, 4) is 0 Å². The SMILES string of the molecule is CCC(C)c1ccc(S(=O)(=O)N2CCN(S(=O)(=O)c3cccc4nsnc34)CC2)cc1. The van der Waals surface area contributed by atoms with Crippen molar-refractivity contribution in [3.63, 3.8) is 0 Å². The molecule has 11 heteroatoms. The first-order valence-electron chi connectivity index (χ1n) is 10.1. The summed E-state index contributed by atoms with van der Waals surface area (Å²) in [6.45, 7) is 4.56. The predicted molar refractivity (Wildman–Crippen MR) is 120 cm³/mol. The fourth-order valence-corrected chi connectivity index (χ4v) is 7.23. The van der Waals surface area contributed by atoms with Crippen molar-refractivity contribution in [2.45, 2.75) is 36.0 Å². The van der Waals surface area contributed by atoms with Crippen LogP contribution in [0, 0.1) is 0 Å². The van der Waals surface area contributed by atoms with Crippen LogP contribution in [0.1, 0.15) is 31.7 Å². The Morgan fingerprint density at radius 3 is 2.13 bits per heavy atom. The molecular weight excluding hydrogens is 456 g/mol. The molecule has 0 spiro atoms. The minimum atomic E-state index is -3.79. The van der Waals surface area contributed by atoms with Gasteiger partial charge in [-0.3, -0.25) is 0 Å². The maximum absolute atomic E-state index is 13.2. The first-order valence-corrected chi connectivity index (χ1v) is 13.7. The van der Waals surface area contributed by atoms with Gasteiger partial charge in [-0.25, -0.2) is 16.8 Å². The van der Waals surface area contributed by atoms with E-state index in [9.17, 15) is 16.8 Å². The minimum absolute atomic E-state index is 0.0838. The molecule has 0 saturated carbocycles. The van der Waals surface area contributed by atoms with Gasteiger partial charge in [0, 0.05) is 26.2 Å². The van der Waals surface area contributed by atoms with Crippen molar-refractivity contribution >= 4 is 42.8 Å². The highest BCUT2D eigenvalue weighted by atomic mass is 32.2. The Morgan fingerprint density at radius 2 is 1.52 bits per heavy atom. The molecule has 1 fully saturated rings. The lowest BCUT2D eigenvalue weighted by molar-refractivity contribution is 0.273. The van der Waals surface area contributed by atoms with Gasteiger partial charge in [0.2, 0.25) is 20.0 Å². The Bertz CT molecular complexity index is 1280. The molecule has 1 aliphatic heterocycles. The number of fused-ring (bicyclic) bond motifs is 1. The monoisotopic (exact) mass is 480 g/mol. The summed E-state index contributed by atoms with van der Waals surface area (Å²) >= 11 is 0.965. The van der Waals surface area contributed by atoms with Gasteiger partial charge in [-0.1, -0.05) is 32.0 Å². The summed E-state index contributed by atoms with van der Waals surface area (Å²) in [6.07, 6.45) is 0.979. The third-order valence-corrected chi connectivity index (χ3v) is 10.1. The van der Waals surface area contributed by atoms with E-state index in [2.05, 4.69) is 22.6 Å². The molecule has 0 N–H and O–H groups in total. The van der Waals surface area contributed by atoms with Gasteiger partial charge in [-0.05, 0) is 42.2 Å². The summed E-state index contributed by atoms with van der Waals surface area (Å²) < 4.78 is 63.3. The van der Waals surface area contributed by atoms with Crippen LogP contribution in [0.25, 0.3) is 11.0 Å². The van der Waals surface area contributed by atoms with Crippen LogP contribution in [0.5, 0.6) is 0 Å². The maximum Gasteiger partial charge on any atom is 0.245 e. The largest absolute Gasteiger partial charge is 0.245 e. The number of piperazine rings is 1. The molecule has 8 nitrogen and oxygen atoms in total. The van der Waals surface area contributed by atoms with Gasteiger partial charge in [-0.2, -0.15) is 17.4 Å². The van der Waals surface area contributed by atoms with E-state index in [1.807, 2.05) is 12.1 Å². The molecule has 0 aliphatic carbocycles. The summed E-state index contributed by atoms with van der Waals surface area (Å²) in [4.78, 5) is 0.338. The number of hydrogen-bond acceptors (Lipinski definition) is 7. The summed E-state index contributed by atoms with van der Waals surface area (Å²) in [7, 11) is -7.47. The number of benzene rings is 2. The molecule has 31 heavy (non-hydrogen) atoms. The van der Waals surface area contributed by atoms with Gasteiger partial charge < -0.3 is 0 Å². The quantitative estimate of drug-likeness (QED) is 0.538. The second-order valence-electron chi connectivity index (χ2n) is 7.57. The molecule has 3 aromatic rings. The Morgan fingerprint density at radius 1 is 0.903 bits per heavy atom. The van der Waals surface area contributed by atoms with Crippen LogP contribution in [-0.4, -0.2) is 60.4 Å². The zero-order valence-corrected chi connectivity index (χ0v) is 19.8. The summed E-state index contributed by atoms with van der Waals surface area (Å²) in [5.41, 5.74) is 1.99.